The minimum absolute atomic E-state index is 0.141. The smallest absolute Gasteiger partial charge is 0.378 e. The van der Waals surface area contributed by atoms with Gasteiger partial charge in [-0.1, -0.05) is 12.1 Å². The third kappa shape index (κ3) is 4.42. The predicted octanol–water partition coefficient (Wildman–Crippen LogP) is 3.77. The quantitative estimate of drug-likeness (QED) is 0.860. The maximum Gasteiger partial charge on any atom is 0.423 e. The molecule has 0 bridgehead atoms. The number of ether oxygens (including phenoxy) is 1. The second-order valence-electron chi connectivity index (χ2n) is 4.92. The van der Waals surface area contributed by atoms with Gasteiger partial charge in [-0.15, -0.1) is 0 Å². The number of carbonyl (C=O) groups excluding carboxylic acids is 1. The molecule has 1 amide bonds. The van der Waals surface area contributed by atoms with Crippen LogP contribution in [-0.2, 0) is 9.53 Å². The first-order chi connectivity index (χ1) is 9.86. The lowest BCUT2D eigenvalue weighted by atomic mass is 10.1. The molecule has 1 aromatic carbocycles. The number of hydrogen-bond acceptors (Lipinski definition) is 2. The van der Waals surface area contributed by atoms with Crippen LogP contribution >= 0.6 is 0 Å². The second-order valence-corrected chi connectivity index (χ2v) is 4.92. The minimum Gasteiger partial charge on any atom is -0.378 e. The number of benzene rings is 1. The lowest BCUT2D eigenvalue weighted by Crippen LogP contribution is -2.20. The molecule has 3 nitrogen and oxygen atoms in total. The Morgan fingerprint density at radius 1 is 1.43 bits per heavy atom. The van der Waals surface area contributed by atoms with E-state index in [0.29, 0.717) is 6.61 Å². The third-order valence-electron chi connectivity index (χ3n) is 3.19. The van der Waals surface area contributed by atoms with Gasteiger partial charge in [-0.25, -0.2) is 4.39 Å². The van der Waals surface area contributed by atoms with Crippen LogP contribution in [0.4, 0.5) is 23.2 Å². The SMILES string of the molecule is O=C(CC1CCCO1)Nc1cccc(C(F)C(F)(F)F)c1. The van der Waals surface area contributed by atoms with Crippen molar-refractivity contribution >= 4 is 11.6 Å². The van der Waals surface area contributed by atoms with E-state index in [-0.39, 0.29) is 24.1 Å². The predicted molar refractivity (Wildman–Crippen MR) is 68.6 cm³/mol. The average Bonchev–Trinajstić information content (AvgIpc) is 2.89. The molecule has 1 aliphatic heterocycles. The molecule has 21 heavy (non-hydrogen) atoms. The van der Waals surface area contributed by atoms with Gasteiger partial charge in [0.25, 0.3) is 0 Å². The normalized spacial score (nSPS) is 20.3. The molecule has 0 aliphatic carbocycles. The summed E-state index contributed by atoms with van der Waals surface area (Å²) in [7, 11) is 0. The van der Waals surface area contributed by atoms with Crippen molar-refractivity contribution in [3.63, 3.8) is 0 Å². The molecule has 0 aromatic heterocycles. The number of amides is 1. The monoisotopic (exact) mass is 305 g/mol. The fraction of sp³-hybridized carbons (Fsp3) is 0.500. The summed E-state index contributed by atoms with van der Waals surface area (Å²) in [5, 5.41) is 2.46. The van der Waals surface area contributed by atoms with Gasteiger partial charge < -0.3 is 10.1 Å². The fourth-order valence-corrected chi connectivity index (χ4v) is 2.19. The zero-order chi connectivity index (χ0) is 15.5. The van der Waals surface area contributed by atoms with E-state index < -0.39 is 17.9 Å². The topological polar surface area (TPSA) is 38.3 Å². The molecule has 1 heterocycles. The van der Waals surface area contributed by atoms with Gasteiger partial charge in [-0.05, 0) is 30.5 Å². The largest absolute Gasteiger partial charge is 0.423 e. The molecule has 7 heteroatoms. The van der Waals surface area contributed by atoms with Crippen LogP contribution in [-0.4, -0.2) is 24.8 Å². The summed E-state index contributed by atoms with van der Waals surface area (Å²) in [5.74, 6) is -0.360. The standard InChI is InChI=1S/C14H15F4NO2/c15-13(14(16,17)18)9-3-1-4-10(7-9)19-12(20)8-11-5-2-6-21-11/h1,3-4,7,11,13H,2,5-6,8H2,(H,19,20). The van der Waals surface area contributed by atoms with E-state index in [1.54, 1.807) is 0 Å². The molecule has 2 rings (SSSR count). The van der Waals surface area contributed by atoms with Crippen LogP contribution in [0.2, 0.25) is 0 Å². The van der Waals surface area contributed by atoms with E-state index in [4.69, 9.17) is 4.74 Å². The van der Waals surface area contributed by atoms with E-state index in [1.807, 2.05) is 0 Å². The molecule has 1 fully saturated rings. The van der Waals surface area contributed by atoms with Crippen LogP contribution in [0.25, 0.3) is 0 Å². The Morgan fingerprint density at radius 2 is 2.19 bits per heavy atom. The first-order valence-corrected chi connectivity index (χ1v) is 6.58. The molecule has 116 valence electrons. The summed E-state index contributed by atoms with van der Waals surface area (Å²) in [5.41, 5.74) is -0.389. The van der Waals surface area contributed by atoms with Crippen LogP contribution < -0.4 is 5.32 Å². The summed E-state index contributed by atoms with van der Waals surface area (Å²) in [6.45, 7) is 0.614. The van der Waals surface area contributed by atoms with Gasteiger partial charge >= 0.3 is 6.18 Å². The van der Waals surface area contributed by atoms with Gasteiger partial charge in [0.1, 0.15) is 0 Å². The lowest BCUT2D eigenvalue weighted by molar-refractivity contribution is -0.182. The minimum atomic E-state index is -4.96. The number of halogens is 4. The van der Waals surface area contributed by atoms with Crippen molar-refractivity contribution in [1.29, 1.82) is 0 Å². The van der Waals surface area contributed by atoms with E-state index in [0.717, 1.165) is 25.0 Å². The van der Waals surface area contributed by atoms with E-state index in [9.17, 15) is 22.4 Å². The van der Waals surface area contributed by atoms with Gasteiger partial charge in [0.05, 0.1) is 12.5 Å². The van der Waals surface area contributed by atoms with Crippen molar-refractivity contribution in [1.82, 2.24) is 0 Å². The van der Waals surface area contributed by atoms with Gasteiger partial charge in [-0.2, -0.15) is 13.2 Å². The molecule has 1 N–H and O–H groups in total. The van der Waals surface area contributed by atoms with Gasteiger partial charge in [-0.3, -0.25) is 4.79 Å². The van der Waals surface area contributed by atoms with Crippen molar-refractivity contribution in [3.05, 3.63) is 29.8 Å². The van der Waals surface area contributed by atoms with Crippen LogP contribution in [0.15, 0.2) is 24.3 Å². The number of nitrogens with one attached hydrogen (secondary N) is 1. The maximum atomic E-state index is 13.2. The Bertz CT molecular complexity index is 498. The average molecular weight is 305 g/mol. The number of rotatable bonds is 4. The van der Waals surface area contributed by atoms with Crippen molar-refractivity contribution in [3.8, 4) is 0 Å². The molecule has 0 spiro atoms. The highest BCUT2D eigenvalue weighted by atomic mass is 19.4. The lowest BCUT2D eigenvalue weighted by Gasteiger charge is -2.14. The summed E-state index contributed by atoms with van der Waals surface area (Å²) < 4.78 is 55.5. The second kappa shape index (κ2) is 6.43. The Kier molecular flexibility index (Phi) is 4.82. The van der Waals surface area contributed by atoms with Crippen molar-refractivity contribution in [2.24, 2.45) is 0 Å². The Balaban J connectivity index is 1.98. The molecular weight excluding hydrogens is 290 g/mol. The number of carbonyl (C=O) groups is 1. The van der Waals surface area contributed by atoms with Crippen LogP contribution in [0.1, 0.15) is 31.0 Å². The highest BCUT2D eigenvalue weighted by Crippen LogP contribution is 2.36. The molecule has 0 saturated carbocycles. The van der Waals surface area contributed by atoms with Crippen LogP contribution in [0.5, 0.6) is 0 Å². The van der Waals surface area contributed by atoms with Gasteiger partial charge in [0, 0.05) is 12.3 Å². The highest BCUT2D eigenvalue weighted by Gasteiger charge is 2.41. The zero-order valence-electron chi connectivity index (χ0n) is 11.1. The van der Waals surface area contributed by atoms with E-state index >= 15 is 0 Å². The maximum absolute atomic E-state index is 13.2. The molecule has 1 aromatic rings. The fourth-order valence-electron chi connectivity index (χ4n) is 2.19. The molecule has 1 aliphatic rings. The van der Waals surface area contributed by atoms with Gasteiger partial charge in [0.2, 0.25) is 12.1 Å². The Morgan fingerprint density at radius 3 is 2.81 bits per heavy atom. The molecule has 0 radical (unpaired) electrons. The van der Waals surface area contributed by atoms with Crippen molar-refractivity contribution in [2.75, 3.05) is 11.9 Å². The van der Waals surface area contributed by atoms with Crippen molar-refractivity contribution < 1.29 is 27.1 Å². The van der Waals surface area contributed by atoms with Crippen molar-refractivity contribution in [2.45, 2.75) is 37.7 Å². The number of anilines is 1. The summed E-state index contributed by atoms with van der Waals surface area (Å²) >= 11 is 0. The Labute approximate surface area is 119 Å². The summed E-state index contributed by atoms with van der Waals surface area (Å²) in [4.78, 5) is 11.7. The summed E-state index contributed by atoms with van der Waals surface area (Å²) in [6, 6.07) is 4.72. The highest BCUT2D eigenvalue weighted by molar-refractivity contribution is 5.91. The first kappa shape index (κ1) is 15.8. The molecule has 2 atom stereocenters. The van der Waals surface area contributed by atoms with Gasteiger partial charge in [0.15, 0.2) is 0 Å². The van der Waals surface area contributed by atoms with E-state index in [1.165, 1.54) is 12.1 Å². The van der Waals surface area contributed by atoms with Crippen LogP contribution in [0, 0.1) is 0 Å². The number of hydrogen-bond donors (Lipinski definition) is 1. The van der Waals surface area contributed by atoms with E-state index in [2.05, 4.69) is 5.32 Å². The third-order valence-corrected chi connectivity index (χ3v) is 3.19. The summed E-state index contributed by atoms with van der Waals surface area (Å²) in [6.07, 6.45) is -6.36. The number of alkyl halides is 4. The molecule has 1 saturated heterocycles. The molecule has 2 unspecified atom stereocenters. The molecular formula is C14H15F4NO2. The Hall–Kier alpha value is -1.63. The van der Waals surface area contributed by atoms with Crippen LogP contribution in [0.3, 0.4) is 0 Å². The first-order valence-electron chi connectivity index (χ1n) is 6.58. The zero-order valence-corrected chi connectivity index (χ0v) is 11.1.